The Morgan fingerprint density at radius 2 is 0.915 bits per heavy atom. The summed E-state index contributed by atoms with van der Waals surface area (Å²) in [5, 5.41) is 2.34. The van der Waals surface area contributed by atoms with Crippen molar-refractivity contribution >= 4 is 44.6 Å². The van der Waals surface area contributed by atoms with Crippen LogP contribution in [-0.4, -0.2) is 16.2 Å². The van der Waals surface area contributed by atoms with E-state index < -0.39 is 0 Å². The van der Waals surface area contributed by atoms with Crippen LogP contribution in [0, 0.1) is 0 Å². The zero-order valence-corrected chi connectivity index (χ0v) is 44.1. The van der Waals surface area contributed by atoms with Crippen molar-refractivity contribution in [3.8, 4) is 17.3 Å². The van der Waals surface area contributed by atoms with Gasteiger partial charge in [0.1, 0.15) is 24.0 Å². The molecule has 360 valence electrons. The van der Waals surface area contributed by atoms with Gasteiger partial charge in [-0.25, -0.2) is 4.98 Å². The van der Waals surface area contributed by atoms with Crippen LogP contribution >= 0.6 is 0 Å². The lowest BCUT2D eigenvalue weighted by Gasteiger charge is -2.28. The highest BCUT2D eigenvalue weighted by atomic mass is 16.5. The van der Waals surface area contributed by atoms with Crippen LogP contribution in [0.3, 0.4) is 0 Å². The fourth-order valence-electron chi connectivity index (χ4n) is 10.3. The van der Waals surface area contributed by atoms with Crippen LogP contribution in [0.25, 0.3) is 27.6 Å². The SMILES string of the molecule is CC(C)(C)c1cccc(N2CN(c3cc(Oc4ccc5c6ccc(C(C)(C)c7ccccc7)cc6n(-c6cc(C(C)(C)C)ccn6)c5c4)cc(C(C)(C)C)c3)c3ccc(C(C)(C)c4ccccc4)cc32)c1. The first-order chi connectivity index (χ1) is 33.6. The van der Waals surface area contributed by atoms with E-state index >= 15 is 0 Å². The quantitative estimate of drug-likeness (QED) is 0.144. The van der Waals surface area contributed by atoms with Crippen LogP contribution in [0.5, 0.6) is 11.5 Å². The van der Waals surface area contributed by atoms with Gasteiger partial charge in [0.25, 0.3) is 0 Å². The van der Waals surface area contributed by atoms with Crippen molar-refractivity contribution in [2.45, 2.75) is 117 Å². The first-order valence-corrected chi connectivity index (χ1v) is 25.4. The molecule has 71 heavy (non-hydrogen) atoms. The molecule has 2 aromatic heterocycles. The van der Waals surface area contributed by atoms with E-state index in [4.69, 9.17) is 9.72 Å². The van der Waals surface area contributed by atoms with E-state index in [1.54, 1.807) is 0 Å². The number of ether oxygens (including phenoxy) is 1. The molecule has 0 saturated heterocycles. The van der Waals surface area contributed by atoms with Gasteiger partial charge >= 0.3 is 0 Å². The van der Waals surface area contributed by atoms with Crippen LogP contribution in [0.1, 0.15) is 129 Å². The lowest BCUT2D eigenvalue weighted by Crippen LogP contribution is -2.25. The van der Waals surface area contributed by atoms with Crippen LogP contribution < -0.4 is 14.5 Å². The summed E-state index contributed by atoms with van der Waals surface area (Å²) < 4.78 is 9.45. The van der Waals surface area contributed by atoms with Gasteiger partial charge in [-0.2, -0.15) is 0 Å². The van der Waals surface area contributed by atoms with Crippen LogP contribution in [-0.2, 0) is 27.1 Å². The summed E-state index contributed by atoms with van der Waals surface area (Å²) in [5.74, 6) is 2.46. The van der Waals surface area contributed by atoms with E-state index in [0.717, 1.165) is 39.4 Å². The Morgan fingerprint density at radius 1 is 0.380 bits per heavy atom. The molecule has 0 N–H and O–H groups in total. The van der Waals surface area contributed by atoms with Crippen LogP contribution in [0.2, 0.25) is 0 Å². The average molecular weight is 935 g/mol. The predicted octanol–water partition coefficient (Wildman–Crippen LogP) is 17.8. The van der Waals surface area contributed by atoms with E-state index in [0.29, 0.717) is 6.67 Å². The van der Waals surface area contributed by atoms with Gasteiger partial charge in [-0.15, -0.1) is 0 Å². The molecular weight excluding hydrogens is 865 g/mol. The Morgan fingerprint density at radius 3 is 1.55 bits per heavy atom. The van der Waals surface area contributed by atoms with E-state index in [1.165, 1.54) is 61.4 Å². The van der Waals surface area contributed by atoms with Crippen LogP contribution in [0.4, 0.5) is 22.7 Å². The van der Waals surface area contributed by atoms with Gasteiger partial charge in [0.2, 0.25) is 0 Å². The normalized spacial score (nSPS) is 13.6. The number of rotatable bonds is 9. The molecule has 9 aromatic rings. The topological polar surface area (TPSA) is 33.5 Å². The second-order valence-corrected chi connectivity index (χ2v) is 24.0. The average Bonchev–Trinajstić information content (AvgIpc) is 3.89. The maximum Gasteiger partial charge on any atom is 0.137 e. The summed E-state index contributed by atoms with van der Waals surface area (Å²) in [7, 11) is 0. The molecule has 0 fully saturated rings. The molecule has 3 heterocycles. The maximum absolute atomic E-state index is 7.11. The number of fused-ring (bicyclic) bond motifs is 4. The molecule has 0 unspecified atom stereocenters. The summed E-state index contributed by atoms with van der Waals surface area (Å²) in [6.07, 6.45) is 1.95. The molecule has 0 radical (unpaired) electrons. The molecule has 5 heteroatoms. The minimum absolute atomic E-state index is 0.00918. The van der Waals surface area contributed by atoms with Crippen molar-refractivity contribution in [2.24, 2.45) is 0 Å². The number of hydrogen-bond acceptors (Lipinski definition) is 4. The maximum atomic E-state index is 7.11. The van der Waals surface area contributed by atoms with E-state index in [-0.39, 0.29) is 27.1 Å². The lowest BCUT2D eigenvalue weighted by atomic mass is 9.78. The van der Waals surface area contributed by atoms with Gasteiger partial charge in [-0.1, -0.05) is 181 Å². The highest BCUT2D eigenvalue weighted by Crippen LogP contribution is 2.49. The van der Waals surface area contributed by atoms with Gasteiger partial charge in [0.05, 0.1) is 22.4 Å². The van der Waals surface area contributed by atoms with Crippen molar-refractivity contribution in [1.82, 2.24) is 9.55 Å². The number of nitrogens with zero attached hydrogens (tertiary/aromatic N) is 4. The lowest BCUT2D eigenvalue weighted by molar-refractivity contribution is 0.479. The van der Waals surface area contributed by atoms with E-state index in [9.17, 15) is 0 Å². The third-order valence-electron chi connectivity index (χ3n) is 15.2. The Bertz CT molecular complexity index is 3430. The van der Waals surface area contributed by atoms with Crippen molar-refractivity contribution in [2.75, 3.05) is 16.5 Å². The van der Waals surface area contributed by atoms with Gasteiger partial charge in [-0.05, 0) is 122 Å². The Balaban J connectivity index is 1.10. The smallest absolute Gasteiger partial charge is 0.137 e. The fraction of sp³-hybridized carbons (Fsp3) is 0.288. The van der Waals surface area contributed by atoms with Crippen molar-refractivity contribution in [1.29, 1.82) is 0 Å². The number of hydrogen-bond donors (Lipinski definition) is 0. The fourth-order valence-corrected chi connectivity index (χ4v) is 10.3. The molecule has 0 saturated carbocycles. The molecule has 5 nitrogen and oxygen atoms in total. The minimum Gasteiger partial charge on any atom is -0.457 e. The van der Waals surface area contributed by atoms with Crippen molar-refractivity contribution < 1.29 is 4.74 Å². The third-order valence-corrected chi connectivity index (χ3v) is 15.2. The zero-order chi connectivity index (χ0) is 50.3. The molecule has 0 amide bonds. The second-order valence-electron chi connectivity index (χ2n) is 24.0. The standard InChI is InChI=1S/C66H70N4O/c1-62(2,3)46-25-20-26-51(35-46)68-43-69(57-32-28-49(39-60(57)68)66(12,13)45-23-18-15-19-24-45)52-36-50(64(7,8)9)37-54(41-52)71-53-29-31-56-55-30-27-48(65(10,11)44-21-16-14-17-22-44)38-58(55)70(59(56)42-53)61-40-47(33-34-67-61)63(4,5)6/h14-42H,43H2,1-13H3. The van der Waals surface area contributed by atoms with Gasteiger partial charge in [-0.3, -0.25) is 4.57 Å². The predicted molar refractivity (Wildman–Crippen MR) is 300 cm³/mol. The highest BCUT2D eigenvalue weighted by molar-refractivity contribution is 6.09. The molecule has 1 aliphatic heterocycles. The summed E-state index contributed by atoms with van der Waals surface area (Å²) in [6.45, 7) is 30.4. The Hall–Kier alpha value is -7.11. The van der Waals surface area contributed by atoms with Crippen LogP contribution in [0.15, 0.2) is 176 Å². The Labute approximate surface area is 422 Å². The molecule has 0 atom stereocenters. The molecule has 7 aromatic carbocycles. The Kier molecular flexibility index (Phi) is 11.6. The minimum atomic E-state index is -0.216. The first kappa shape index (κ1) is 47.6. The summed E-state index contributed by atoms with van der Waals surface area (Å²) in [5.41, 5.74) is 15.0. The largest absolute Gasteiger partial charge is 0.457 e. The number of benzene rings is 7. The van der Waals surface area contributed by atoms with Crippen molar-refractivity contribution in [3.63, 3.8) is 0 Å². The molecule has 0 spiro atoms. The van der Waals surface area contributed by atoms with Gasteiger partial charge < -0.3 is 14.5 Å². The number of pyridine rings is 1. The third kappa shape index (κ3) is 8.90. The highest BCUT2D eigenvalue weighted by Gasteiger charge is 2.34. The van der Waals surface area contributed by atoms with E-state index in [2.05, 4.69) is 274 Å². The summed E-state index contributed by atoms with van der Waals surface area (Å²) in [4.78, 5) is 10.0. The first-order valence-electron chi connectivity index (χ1n) is 25.4. The summed E-state index contributed by atoms with van der Waals surface area (Å²) >= 11 is 0. The molecular formula is C66H70N4O. The molecule has 1 aliphatic rings. The second kappa shape index (κ2) is 17.3. The molecule has 10 rings (SSSR count). The summed E-state index contributed by atoms with van der Waals surface area (Å²) in [6, 6.07) is 62.6. The monoisotopic (exact) mass is 935 g/mol. The zero-order valence-electron chi connectivity index (χ0n) is 44.1. The van der Waals surface area contributed by atoms with Gasteiger partial charge in [0, 0.05) is 51.3 Å². The molecule has 0 bridgehead atoms. The molecule has 0 aliphatic carbocycles. The van der Waals surface area contributed by atoms with Crippen molar-refractivity contribution in [3.05, 3.63) is 215 Å². The van der Waals surface area contributed by atoms with Gasteiger partial charge in [0.15, 0.2) is 0 Å². The number of aromatic nitrogens is 2. The number of anilines is 4. The van der Waals surface area contributed by atoms with E-state index in [1.807, 2.05) is 6.20 Å².